The summed E-state index contributed by atoms with van der Waals surface area (Å²) >= 11 is 0. The summed E-state index contributed by atoms with van der Waals surface area (Å²) in [5.41, 5.74) is 6.40. The van der Waals surface area contributed by atoms with Gasteiger partial charge >= 0.3 is 0 Å². The van der Waals surface area contributed by atoms with Crippen LogP contribution in [0.15, 0.2) is 30.3 Å². The standard InChI is InChI=1S/C17H14O3/c1-17-8-18-7-12-15(17)11(6-14-16(12)20-9-19-14)10-4-2-3-5-13(10)17/h2-6H,7-9H2,1H3. The molecule has 3 nitrogen and oxygen atoms in total. The molecule has 0 fully saturated rings. The number of hydrogen-bond acceptors (Lipinski definition) is 3. The summed E-state index contributed by atoms with van der Waals surface area (Å²) < 4.78 is 17.1. The predicted octanol–water partition coefficient (Wildman–Crippen LogP) is 3.23. The van der Waals surface area contributed by atoms with Gasteiger partial charge in [0.05, 0.1) is 13.2 Å². The average molecular weight is 266 g/mol. The molecule has 1 aliphatic carbocycles. The summed E-state index contributed by atoms with van der Waals surface area (Å²) in [5, 5.41) is 0. The van der Waals surface area contributed by atoms with Crippen LogP contribution >= 0.6 is 0 Å². The maximum absolute atomic E-state index is 5.88. The molecule has 2 heterocycles. The minimum Gasteiger partial charge on any atom is -0.454 e. The first-order valence-corrected chi connectivity index (χ1v) is 6.92. The van der Waals surface area contributed by atoms with E-state index in [1.807, 2.05) is 0 Å². The smallest absolute Gasteiger partial charge is 0.231 e. The van der Waals surface area contributed by atoms with Crippen LogP contribution < -0.4 is 9.47 Å². The molecule has 0 aromatic heterocycles. The molecule has 2 aromatic rings. The molecule has 3 heteroatoms. The van der Waals surface area contributed by atoms with Crippen LogP contribution in [0.1, 0.15) is 23.6 Å². The minimum absolute atomic E-state index is 0.0690. The maximum Gasteiger partial charge on any atom is 0.231 e. The normalized spacial score (nSPS) is 24.4. The highest BCUT2D eigenvalue weighted by atomic mass is 16.7. The first-order chi connectivity index (χ1) is 9.79. The average Bonchev–Trinajstić information content (AvgIpc) is 3.03. The molecule has 5 rings (SSSR count). The molecule has 0 radical (unpaired) electrons. The second-order valence-corrected chi connectivity index (χ2v) is 5.88. The summed E-state index contributed by atoms with van der Waals surface area (Å²) in [5.74, 6) is 1.73. The molecule has 1 atom stereocenters. The Morgan fingerprint density at radius 2 is 2.00 bits per heavy atom. The van der Waals surface area contributed by atoms with Crippen LogP contribution in [-0.2, 0) is 16.8 Å². The first kappa shape index (κ1) is 10.7. The zero-order valence-electron chi connectivity index (χ0n) is 11.2. The monoisotopic (exact) mass is 266 g/mol. The third-order valence-electron chi connectivity index (χ3n) is 4.76. The highest BCUT2D eigenvalue weighted by Crippen LogP contribution is 2.56. The Hall–Kier alpha value is -2.00. The van der Waals surface area contributed by atoms with E-state index >= 15 is 0 Å². The first-order valence-electron chi connectivity index (χ1n) is 6.92. The molecule has 20 heavy (non-hydrogen) atoms. The van der Waals surface area contributed by atoms with Crippen molar-refractivity contribution < 1.29 is 14.2 Å². The van der Waals surface area contributed by atoms with Gasteiger partial charge in [-0.05, 0) is 35.2 Å². The van der Waals surface area contributed by atoms with Gasteiger partial charge in [0.25, 0.3) is 0 Å². The zero-order valence-corrected chi connectivity index (χ0v) is 11.2. The minimum atomic E-state index is -0.0690. The van der Waals surface area contributed by atoms with E-state index < -0.39 is 0 Å². The lowest BCUT2D eigenvalue weighted by Crippen LogP contribution is -2.32. The fourth-order valence-corrected chi connectivity index (χ4v) is 3.93. The van der Waals surface area contributed by atoms with Crippen LogP contribution in [0, 0.1) is 0 Å². The van der Waals surface area contributed by atoms with Gasteiger partial charge in [-0.15, -0.1) is 0 Å². The van der Waals surface area contributed by atoms with Gasteiger partial charge in [-0.2, -0.15) is 0 Å². The van der Waals surface area contributed by atoms with E-state index in [4.69, 9.17) is 14.2 Å². The van der Waals surface area contributed by atoms with Gasteiger partial charge in [0.15, 0.2) is 11.5 Å². The lowest BCUT2D eigenvalue weighted by Gasteiger charge is -2.33. The molecule has 0 bridgehead atoms. The molecular weight excluding hydrogens is 252 g/mol. The van der Waals surface area contributed by atoms with Crippen molar-refractivity contribution in [2.24, 2.45) is 0 Å². The van der Waals surface area contributed by atoms with E-state index in [0.717, 1.165) is 18.1 Å². The summed E-state index contributed by atoms with van der Waals surface area (Å²) in [7, 11) is 0. The van der Waals surface area contributed by atoms with E-state index in [1.54, 1.807) is 0 Å². The molecule has 3 aliphatic rings. The van der Waals surface area contributed by atoms with Crippen LogP contribution in [-0.4, -0.2) is 13.4 Å². The number of ether oxygens (including phenoxy) is 3. The third kappa shape index (κ3) is 1.07. The van der Waals surface area contributed by atoms with Crippen molar-refractivity contribution in [3.05, 3.63) is 47.0 Å². The van der Waals surface area contributed by atoms with Gasteiger partial charge < -0.3 is 14.2 Å². The lowest BCUT2D eigenvalue weighted by molar-refractivity contribution is 0.0705. The van der Waals surface area contributed by atoms with Crippen molar-refractivity contribution in [2.45, 2.75) is 18.9 Å². The number of benzene rings is 2. The molecular formula is C17H14O3. The van der Waals surface area contributed by atoms with Crippen LogP contribution in [0.2, 0.25) is 0 Å². The molecule has 0 amide bonds. The fourth-order valence-electron chi connectivity index (χ4n) is 3.93. The van der Waals surface area contributed by atoms with Crippen molar-refractivity contribution in [1.29, 1.82) is 0 Å². The Morgan fingerprint density at radius 1 is 1.10 bits per heavy atom. The van der Waals surface area contributed by atoms with Crippen LogP contribution in [0.4, 0.5) is 0 Å². The molecule has 0 N–H and O–H groups in total. The Balaban J connectivity index is 1.94. The van der Waals surface area contributed by atoms with Crippen molar-refractivity contribution in [2.75, 3.05) is 13.4 Å². The van der Waals surface area contributed by atoms with Gasteiger partial charge in [0.2, 0.25) is 6.79 Å². The SMILES string of the molecule is CC12COCc3c4c(cc(c31)-c1ccccc12)OCO4. The highest BCUT2D eigenvalue weighted by Gasteiger charge is 2.45. The van der Waals surface area contributed by atoms with E-state index in [9.17, 15) is 0 Å². The second-order valence-electron chi connectivity index (χ2n) is 5.88. The van der Waals surface area contributed by atoms with Gasteiger partial charge in [0.1, 0.15) is 0 Å². The molecule has 2 aromatic carbocycles. The maximum atomic E-state index is 5.88. The van der Waals surface area contributed by atoms with Crippen LogP contribution in [0.3, 0.4) is 0 Å². The van der Waals surface area contributed by atoms with Gasteiger partial charge in [-0.3, -0.25) is 0 Å². The van der Waals surface area contributed by atoms with Crippen LogP contribution in [0.25, 0.3) is 11.1 Å². The molecule has 0 saturated carbocycles. The predicted molar refractivity (Wildman–Crippen MR) is 74.1 cm³/mol. The molecule has 100 valence electrons. The Kier molecular flexibility index (Phi) is 1.80. The van der Waals surface area contributed by atoms with Crippen molar-refractivity contribution in [3.63, 3.8) is 0 Å². The quantitative estimate of drug-likeness (QED) is 0.732. The van der Waals surface area contributed by atoms with E-state index in [2.05, 4.69) is 37.3 Å². The third-order valence-corrected chi connectivity index (χ3v) is 4.76. The summed E-state index contributed by atoms with van der Waals surface area (Å²) in [6.45, 7) is 3.91. The summed E-state index contributed by atoms with van der Waals surface area (Å²) in [4.78, 5) is 0. The fraction of sp³-hybridized carbons (Fsp3) is 0.294. The van der Waals surface area contributed by atoms with E-state index in [1.165, 1.54) is 27.8 Å². The van der Waals surface area contributed by atoms with Gasteiger partial charge in [0, 0.05) is 11.0 Å². The molecule has 2 aliphatic heterocycles. The Bertz CT molecular complexity index is 750. The number of rotatable bonds is 0. The van der Waals surface area contributed by atoms with Crippen molar-refractivity contribution in [1.82, 2.24) is 0 Å². The van der Waals surface area contributed by atoms with Crippen molar-refractivity contribution in [3.8, 4) is 22.6 Å². The zero-order chi connectivity index (χ0) is 13.3. The summed E-state index contributed by atoms with van der Waals surface area (Å²) in [6, 6.07) is 10.7. The van der Waals surface area contributed by atoms with E-state index in [-0.39, 0.29) is 5.41 Å². The lowest BCUT2D eigenvalue weighted by atomic mass is 9.77. The van der Waals surface area contributed by atoms with Crippen molar-refractivity contribution >= 4 is 0 Å². The Morgan fingerprint density at radius 3 is 2.95 bits per heavy atom. The topological polar surface area (TPSA) is 27.7 Å². The molecule has 0 saturated heterocycles. The number of hydrogen-bond donors (Lipinski definition) is 0. The van der Waals surface area contributed by atoms with Gasteiger partial charge in [-0.1, -0.05) is 24.3 Å². The number of fused-ring (bicyclic) bond motifs is 5. The molecule has 1 unspecified atom stereocenters. The molecule has 0 spiro atoms. The second kappa shape index (κ2) is 3.36. The van der Waals surface area contributed by atoms with E-state index in [0.29, 0.717) is 13.4 Å². The highest BCUT2D eigenvalue weighted by molar-refractivity contribution is 5.85. The summed E-state index contributed by atoms with van der Waals surface area (Å²) in [6.07, 6.45) is 0. The van der Waals surface area contributed by atoms with Crippen LogP contribution in [0.5, 0.6) is 11.5 Å². The Labute approximate surface area is 117 Å². The van der Waals surface area contributed by atoms with Gasteiger partial charge in [-0.25, -0.2) is 0 Å². The largest absolute Gasteiger partial charge is 0.454 e.